The number of amides is 1. The van der Waals surface area contributed by atoms with Crippen LogP contribution in [0.2, 0.25) is 5.15 Å². The number of hydrogen-bond donors (Lipinski definition) is 1. The zero-order valence-electron chi connectivity index (χ0n) is 19.6. The molecule has 1 unspecified atom stereocenters. The quantitative estimate of drug-likeness (QED) is 0.354. The first kappa shape index (κ1) is 24.6. The van der Waals surface area contributed by atoms with Crippen molar-refractivity contribution >= 4 is 23.2 Å². The average Bonchev–Trinajstić information content (AvgIpc) is 2.89. The van der Waals surface area contributed by atoms with E-state index in [9.17, 15) is 9.59 Å². The fourth-order valence-corrected chi connectivity index (χ4v) is 4.39. The second kappa shape index (κ2) is 11.3. The van der Waals surface area contributed by atoms with Gasteiger partial charge in [0.2, 0.25) is 0 Å². The molecule has 4 aromatic rings. The highest BCUT2D eigenvalue weighted by Gasteiger charge is 2.29. The highest BCUT2D eigenvalue weighted by molar-refractivity contribution is 6.29. The van der Waals surface area contributed by atoms with Crippen LogP contribution in [0.3, 0.4) is 0 Å². The number of aromatic nitrogens is 3. The predicted octanol–water partition coefficient (Wildman–Crippen LogP) is 4.28. The van der Waals surface area contributed by atoms with Crippen molar-refractivity contribution < 1.29 is 4.79 Å². The highest BCUT2D eigenvalue weighted by Crippen LogP contribution is 2.28. The van der Waals surface area contributed by atoms with Crippen molar-refractivity contribution in [1.29, 1.82) is 0 Å². The lowest BCUT2D eigenvalue weighted by Crippen LogP contribution is -2.38. The molecule has 0 saturated carbocycles. The van der Waals surface area contributed by atoms with E-state index < -0.39 is 6.04 Å². The molecular weight excluding hydrogens is 462 g/mol. The van der Waals surface area contributed by atoms with Crippen LogP contribution < -0.4 is 11.3 Å². The minimum Gasteiger partial charge on any atom is -0.330 e. The topological polar surface area (TPSA) is 93.6 Å². The Morgan fingerprint density at radius 2 is 1.89 bits per heavy atom. The first-order valence-electron chi connectivity index (χ1n) is 11.7. The second-order valence-electron chi connectivity index (χ2n) is 8.31. The van der Waals surface area contributed by atoms with Crippen LogP contribution >= 0.6 is 11.6 Å². The van der Waals surface area contributed by atoms with Gasteiger partial charge in [0.1, 0.15) is 10.8 Å². The molecule has 1 aromatic carbocycles. The van der Waals surface area contributed by atoms with E-state index in [2.05, 4.69) is 4.98 Å². The van der Waals surface area contributed by atoms with Crippen LogP contribution in [-0.4, -0.2) is 38.3 Å². The van der Waals surface area contributed by atoms with Gasteiger partial charge in [0.15, 0.2) is 0 Å². The number of nitrogens with zero attached hydrogens (tertiary/aromatic N) is 4. The van der Waals surface area contributed by atoms with E-state index in [0.29, 0.717) is 60.0 Å². The van der Waals surface area contributed by atoms with Crippen molar-refractivity contribution in [2.24, 2.45) is 5.73 Å². The SMILES string of the molecule is CCC(c1nc2ccccn2c(=O)c1Cc1ccccc1)N(CCCN)C(=O)c1ccc(Cl)nc1. The van der Waals surface area contributed by atoms with Crippen molar-refractivity contribution in [3.05, 3.63) is 111 Å². The molecule has 3 heterocycles. The molecule has 7 nitrogen and oxygen atoms in total. The number of hydrogen-bond acceptors (Lipinski definition) is 5. The summed E-state index contributed by atoms with van der Waals surface area (Å²) in [6, 6.07) is 18.1. The summed E-state index contributed by atoms with van der Waals surface area (Å²) in [5.74, 6) is -0.199. The number of rotatable bonds is 9. The minimum atomic E-state index is -0.415. The van der Waals surface area contributed by atoms with Crippen LogP contribution in [0.5, 0.6) is 0 Å². The molecule has 4 rings (SSSR count). The molecule has 1 atom stereocenters. The molecule has 0 aliphatic rings. The zero-order chi connectivity index (χ0) is 24.8. The molecule has 0 bridgehead atoms. The Hall–Kier alpha value is -3.55. The lowest BCUT2D eigenvalue weighted by Gasteiger charge is -2.32. The molecule has 2 N–H and O–H groups in total. The summed E-state index contributed by atoms with van der Waals surface area (Å²) in [4.78, 5) is 38.1. The van der Waals surface area contributed by atoms with Gasteiger partial charge in [-0.25, -0.2) is 9.97 Å². The summed E-state index contributed by atoms with van der Waals surface area (Å²) in [5.41, 5.74) is 8.83. The lowest BCUT2D eigenvalue weighted by molar-refractivity contribution is 0.0663. The molecule has 0 radical (unpaired) electrons. The largest absolute Gasteiger partial charge is 0.330 e. The Morgan fingerprint density at radius 3 is 2.57 bits per heavy atom. The summed E-state index contributed by atoms with van der Waals surface area (Å²) in [6.45, 7) is 2.86. The van der Waals surface area contributed by atoms with Gasteiger partial charge < -0.3 is 10.6 Å². The number of carbonyl (C=O) groups excluding carboxylic acids is 1. The molecule has 0 aliphatic carbocycles. The lowest BCUT2D eigenvalue weighted by atomic mass is 9.97. The Balaban J connectivity index is 1.86. The summed E-state index contributed by atoms with van der Waals surface area (Å²) < 4.78 is 1.56. The normalized spacial score (nSPS) is 12.0. The maximum absolute atomic E-state index is 13.7. The predicted molar refractivity (Wildman–Crippen MR) is 138 cm³/mol. The summed E-state index contributed by atoms with van der Waals surface area (Å²) in [7, 11) is 0. The van der Waals surface area contributed by atoms with E-state index >= 15 is 0 Å². The molecule has 0 saturated heterocycles. The summed E-state index contributed by atoms with van der Waals surface area (Å²) in [6.07, 6.45) is 4.80. The molecule has 0 aliphatic heterocycles. The van der Waals surface area contributed by atoms with E-state index in [0.717, 1.165) is 5.56 Å². The van der Waals surface area contributed by atoms with Crippen LogP contribution in [0.4, 0.5) is 0 Å². The van der Waals surface area contributed by atoms with Crippen molar-refractivity contribution in [1.82, 2.24) is 19.3 Å². The highest BCUT2D eigenvalue weighted by atomic mass is 35.5. The number of pyridine rings is 2. The zero-order valence-corrected chi connectivity index (χ0v) is 20.4. The maximum atomic E-state index is 13.7. The Kier molecular flexibility index (Phi) is 7.90. The van der Waals surface area contributed by atoms with Gasteiger partial charge in [0, 0.05) is 30.9 Å². The van der Waals surface area contributed by atoms with Crippen LogP contribution in [0.1, 0.15) is 53.0 Å². The smallest absolute Gasteiger partial charge is 0.261 e. The molecule has 3 aromatic heterocycles. The Morgan fingerprint density at radius 1 is 1.11 bits per heavy atom. The van der Waals surface area contributed by atoms with E-state index in [-0.39, 0.29) is 11.5 Å². The van der Waals surface area contributed by atoms with E-state index in [1.54, 1.807) is 33.7 Å². The van der Waals surface area contributed by atoms with E-state index in [1.165, 1.54) is 6.20 Å². The second-order valence-corrected chi connectivity index (χ2v) is 8.69. The van der Waals surface area contributed by atoms with Gasteiger partial charge in [-0.1, -0.05) is 54.9 Å². The summed E-state index contributed by atoms with van der Waals surface area (Å²) >= 11 is 5.94. The number of nitrogens with two attached hydrogens (primary N) is 1. The summed E-state index contributed by atoms with van der Waals surface area (Å²) in [5, 5.41) is 0.316. The van der Waals surface area contributed by atoms with Crippen molar-refractivity contribution in [2.45, 2.75) is 32.2 Å². The van der Waals surface area contributed by atoms with Gasteiger partial charge in [-0.3, -0.25) is 14.0 Å². The number of fused-ring (bicyclic) bond motifs is 1. The maximum Gasteiger partial charge on any atom is 0.261 e. The molecule has 180 valence electrons. The molecule has 0 spiro atoms. The fraction of sp³-hybridized carbons (Fsp3) is 0.259. The molecule has 35 heavy (non-hydrogen) atoms. The standard InChI is InChI=1S/C27H28ClN5O2/c1-2-22(32(16-8-14-29)26(34)20-12-13-23(28)30-18-20)25-21(17-19-9-4-3-5-10-19)27(35)33-15-7-6-11-24(33)31-25/h3-7,9-13,15,18,22H,2,8,14,16-17,29H2,1H3. The van der Waals surface area contributed by atoms with Crippen LogP contribution in [0, 0.1) is 0 Å². The van der Waals surface area contributed by atoms with Gasteiger partial charge in [0.25, 0.3) is 11.5 Å². The number of halogens is 1. The fourth-order valence-electron chi connectivity index (χ4n) is 4.27. The van der Waals surface area contributed by atoms with E-state index in [1.807, 2.05) is 49.4 Å². The third kappa shape index (κ3) is 5.42. The first-order valence-corrected chi connectivity index (χ1v) is 12.1. The van der Waals surface area contributed by atoms with Crippen LogP contribution in [0.15, 0.2) is 77.9 Å². The monoisotopic (exact) mass is 489 g/mol. The Labute approximate surface area is 209 Å². The average molecular weight is 490 g/mol. The van der Waals surface area contributed by atoms with Crippen LogP contribution in [0.25, 0.3) is 5.65 Å². The first-order chi connectivity index (χ1) is 17.0. The molecule has 8 heteroatoms. The molecule has 0 fully saturated rings. The van der Waals surface area contributed by atoms with Crippen molar-refractivity contribution in [3.63, 3.8) is 0 Å². The van der Waals surface area contributed by atoms with E-state index in [4.69, 9.17) is 22.3 Å². The van der Waals surface area contributed by atoms with Crippen molar-refractivity contribution in [3.8, 4) is 0 Å². The minimum absolute atomic E-state index is 0.132. The Bertz CT molecular complexity index is 1360. The molecule has 1 amide bonds. The van der Waals surface area contributed by atoms with Gasteiger partial charge in [-0.05, 0) is 49.2 Å². The van der Waals surface area contributed by atoms with Gasteiger partial charge in [0.05, 0.1) is 17.3 Å². The third-order valence-electron chi connectivity index (χ3n) is 6.00. The van der Waals surface area contributed by atoms with Crippen molar-refractivity contribution in [2.75, 3.05) is 13.1 Å². The third-order valence-corrected chi connectivity index (χ3v) is 6.22. The molecular formula is C27H28ClN5O2. The van der Waals surface area contributed by atoms with Gasteiger partial charge >= 0.3 is 0 Å². The number of benzene rings is 1. The van der Waals surface area contributed by atoms with Crippen LogP contribution in [-0.2, 0) is 6.42 Å². The van der Waals surface area contributed by atoms with Gasteiger partial charge in [-0.15, -0.1) is 0 Å². The number of carbonyl (C=O) groups is 1. The van der Waals surface area contributed by atoms with Gasteiger partial charge in [-0.2, -0.15) is 0 Å².